The summed E-state index contributed by atoms with van der Waals surface area (Å²) < 4.78 is 5.39. The van der Waals surface area contributed by atoms with Crippen LogP contribution in [0.2, 0.25) is 0 Å². The molecule has 2 heterocycles. The Balaban J connectivity index is 1.77. The predicted octanol–water partition coefficient (Wildman–Crippen LogP) is 2.58. The van der Waals surface area contributed by atoms with Crippen molar-refractivity contribution >= 4 is 0 Å². The van der Waals surface area contributed by atoms with Crippen molar-refractivity contribution in [2.75, 3.05) is 6.54 Å². The Morgan fingerprint density at radius 3 is 2.75 bits per heavy atom. The molecule has 1 saturated carbocycles. The van der Waals surface area contributed by atoms with Gasteiger partial charge in [0.2, 0.25) is 11.7 Å². The summed E-state index contributed by atoms with van der Waals surface area (Å²) in [6.07, 6.45) is 8.63. The van der Waals surface area contributed by atoms with Crippen molar-refractivity contribution in [2.24, 2.45) is 11.1 Å². The Hall–Kier alpha value is -1.75. The Kier molecular flexibility index (Phi) is 3.78. The summed E-state index contributed by atoms with van der Waals surface area (Å²) in [5, 5.41) is 4.03. The third kappa shape index (κ3) is 2.72. The van der Waals surface area contributed by atoms with Crippen molar-refractivity contribution in [3.05, 3.63) is 30.3 Å². The van der Waals surface area contributed by atoms with Crippen LogP contribution in [0.15, 0.2) is 28.9 Å². The fourth-order valence-corrected chi connectivity index (χ4v) is 3.00. The van der Waals surface area contributed by atoms with Crippen LogP contribution in [0.3, 0.4) is 0 Å². The molecule has 0 radical (unpaired) electrons. The highest BCUT2D eigenvalue weighted by atomic mass is 16.5. The van der Waals surface area contributed by atoms with Crippen LogP contribution in [0.1, 0.15) is 38.0 Å². The first-order valence-corrected chi connectivity index (χ1v) is 7.25. The monoisotopic (exact) mass is 272 g/mol. The van der Waals surface area contributed by atoms with Gasteiger partial charge in [-0.1, -0.05) is 30.5 Å². The first-order chi connectivity index (χ1) is 9.81. The zero-order valence-corrected chi connectivity index (χ0v) is 11.6. The van der Waals surface area contributed by atoms with Gasteiger partial charge in [0.15, 0.2) is 0 Å². The second-order valence-corrected chi connectivity index (χ2v) is 5.67. The molecular formula is C15H20N4O. The molecule has 0 aromatic carbocycles. The SMILES string of the molecule is NCC1(Cc2nc(-c3ccccn3)no2)CCCCC1. The minimum atomic E-state index is 0.145. The molecule has 5 nitrogen and oxygen atoms in total. The van der Waals surface area contributed by atoms with Gasteiger partial charge in [-0.3, -0.25) is 4.98 Å². The van der Waals surface area contributed by atoms with E-state index in [1.807, 2.05) is 18.2 Å². The van der Waals surface area contributed by atoms with E-state index in [9.17, 15) is 0 Å². The fraction of sp³-hybridized carbons (Fsp3) is 0.533. The average molecular weight is 272 g/mol. The summed E-state index contributed by atoms with van der Waals surface area (Å²) in [4.78, 5) is 8.71. The standard InChI is InChI=1S/C15H20N4O/c16-11-15(7-3-1-4-8-15)10-13-18-14(19-20-13)12-6-2-5-9-17-12/h2,5-6,9H,1,3-4,7-8,10-11,16H2. The molecule has 0 unspecified atom stereocenters. The smallest absolute Gasteiger partial charge is 0.227 e. The second-order valence-electron chi connectivity index (χ2n) is 5.67. The quantitative estimate of drug-likeness (QED) is 0.925. The number of nitrogens with zero attached hydrogens (tertiary/aromatic N) is 3. The molecule has 0 spiro atoms. The minimum Gasteiger partial charge on any atom is -0.339 e. The van der Waals surface area contributed by atoms with Gasteiger partial charge in [0.25, 0.3) is 0 Å². The van der Waals surface area contributed by atoms with Crippen LogP contribution in [-0.2, 0) is 6.42 Å². The van der Waals surface area contributed by atoms with Crippen molar-refractivity contribution in [2.45, 2.75) is 38.5 Å². The van der Waals surface area contributed by atoms with E-state index >= 15 is 0 Å². The Morgan fingerprint density at radius 2 is 2.05 bits per heavy atom. The maximum Gasteiger partial charge on any atom is 0.227 e. The summed E-state index contributed by atoms with van der Waals surface area (Å²) >= 11 is 0. The summed E-state index contributed by atoms with van der Waals surface area (Å²) in [6.45, 7) is 0.689. The van der Waals surface area contributed by atoms with Gasteiger partial charge in [-0.05, 0) is 36.9 Å². The van der Waals surface area contributed by atoms with Crippen LogP contribution in [0, 0.1) is 5.41 Å². The van der Waals surface area contributed by atoms with Gasteiger partial charge in [0.05, 0.1) is 0 Å². The lowest BCUT2D eigenvalue weighted by Crippen LogP contribution is -2.35. The number of hydrogen-bond donors (Lipinski definition) is 1. The minimum absolute atomic E-state index is 0.145. The molecule has 1 aliphatic carbocycles. The lowest BCUT2D eigenvalue weighted by molar-refractivity contribution is 0.177. The van der Waals surface area contributed by atoms with E-state index in [1.165, 1.54) is 19.3 Å². The average Bonchev–Trinajstić information content (AvgIpc) is 2.97. The Morgan fingerprint density at radius 1 is 1.20 bits per heavy atom. The molecule has 0 saturated heterocycles. The van der Waals surface area contributed by atoms with E-state index < -0.39 is 0 Å². The molecule has 1 fully saturated rings. The van der Waals surface area contributed by atoms with Crippen LogP contribution in [0.5, 0.6) is 0 Å². The third-order valence-electron chi connectivity index (χ3n) is 4.24. The number of pyridine rings is 1. The van der Waals surface area contributed by atoms with E-state index in [2.05, 4.69) is 15.1 Å². The van der Waals surface area contributed by atoms with Gasteiger partial charge in [0, 0.05) is 12.6 Å². The van der Waals surface area contributed by atoms with Crippen molar-refractivity contribution < 1.29 is 4.52 Å². The van der Waals surface area contributed by atoms with Crippen LogP contribution in [-0.4, -0.2) is 21.7 Å². The third-order valence-corrected chi connectivity index (χ3v) is 4.24. The van der Waals surface area contributed by atoms with Crippen LogP contribution in [0.4, 0.5) is 0 Å². The first kappa shape index (κ1) is 13.2. The van der Waals surface area contributed by atoms with E-state index in [4.69, 9.17) is 10.3 Å². The molecule has 1 aliphatic rings. The Bertz CT molecular complexity index is 546. The summed E-state index contributed by atoms with van der Waals surface area (Å²) in [5.74, 6) is 1.24. The molecule has 2 aromatic heterocycles. The maximum atomic E-state index is 6.00. The largest absolute Gasteiger partial charge is 0.339 e. The summed E-state index contributed by atoms with van der Waals surface area (Å²) in [5.41, 5.74) is 6.89. The van der Waals surface area contributed by atoms with Gasteiger partial charge in [-0.15, -0.1) is 0 Å². The number of aromatic nitrogens is 3. The van der Waals surface area contributed by atoms with E-state index in [0.29, 0.717) is 18.3 Å². The summed E-state index contributed by atoms with van der Waals surface area (Å²) in [6, 6.07) is 5.67. The molecular weight excluding hydrogens is 252 g/mol. The summed E-state index contributed by atoms with van der Waals surface area (Å²) in [7, 11) is 0. The Labute approximate surface area is 118 Å². The molecule has 0 aliphatic heterocycles. The number of rotatable bonds is 4. The molecule has 20 heavy (non-hydrogen) atoms. The topological polar surface area (TPSA) is 77.8 Å². The van der Waals surface area contributed by atoms with Crippen molar-refractivity contribution in [1.82, 2.24) is 15.1 Å². The van der Waals surface area contributed by atoms with Crippen LogP contribution >= 0.6 is 0 Å². The van der Waals surface area contributed by atoms with Gasteiger partial charge >= 0.3 is 0 Å². The molecule has 2 aromatic rings. The van der Waals surface area contributed by atoms with E-state index in [-0.39, 0.29) is 5.41 Å². The maximum absolute atomic E-state index is 6.00. The molecule has 0 amide bonds. The fourth-order valence-electron chi connectivity index (χ4n) is 3.00. The second kappa shape index (κ2) is 5.71. The van der Waals surface area contributed by atoms with Gasteiger partial charge in [-0.25, -0.2) is 0 Å². The van der Waals surface area contributed by atoms with Crippen LogP contribution in [0.25, 0.3) is 11.5 Å². The first-order valence-electron chi connectivity index (χ1n) is 7.25. The highest BCUT2D eigenvalue weighted by Gasteiger charge is 2.33. The van der Waals surface area contributed by atoms with E-state index in [0.717, 1.165) is 25.0 Å². The van der Waals surface area contributed by atoms with Crippen molar-refractivity contribution in [1.29, 1.82) is 0 Å². The number of hydrogen-bond acceptors (Lipinski definition) is 5. The van der Waals surface area contributed by atoms with Crippen LogP contribution < -0.4 is 5.73 Å². The normalized spacial score (nSPS) is 18.1. The highest BCUT2D eigenvalue weighted by molar-refractivity contribution is 5.47. The van der Waals surface area contributed by atoms with Crippen molar-refractivity contribution in [3.8, 4) is 11.5 Å². The van der Waals surface area contributed by atoms with E-state index in [1.54, 1.807) is 6.20 Å². The number of nitrogens with two attached hydrogens (primary N) is 1. The zero-order chi connectivity index (χ0) is 13.8. The molecule has 106 valence electrons. The molecule has 2 N–H and O–H groups in total. The van der Waals surface area contributed by atoms with Crippen molar-refractivity contribution in [3.63, 3.8) is 0 Å². The lowest BCUT2D eigenvalue weighted by atomic mass is 9.72. The zero-order valence-electron chi connectivity index (χ0n) is 11.6. The lowest BCUT2D eigenvalue weighted by Gasteiger charge is -2.34. The van der Waals surface area contributed by atoms with Gasteiger partial charge < -0.3 is 10.3 Å². The van der Waals surface area contributed by atoms with Gasteiger partial charge in [0.1, 0.15) is 5.69 Å². The molecule has 3 rings (SSSR count). The predicted molar refractivity (Wildman–Crippen MR) is 75.8 cm³/mol. The van der Waals surface area contributed by atoms with Gasteiger partial charge in [-0.2, -0.15) is 4.98 Å². The molecule has 0 bridgehead atoms. The molecule has 0 atom stereocenters. The molecule has 5 heteroatoms. The highest BCUT2D eigenvalue weighted by Crippen LogP contribution is 2.38.